The number of phenols is 1. The van der Waals surface area contributed by atoms with Crippen molar-refractivity contribution in [2.24, 2.45) is 0 Å². The van der Waals surface area contributed by atoms with Crippen LogP contribution >= 0.6 is 0 Å². The van der Waals surface area contributed by atoms with Crippen LogP contribution in [0, 0.1) is 0 Å². The molecule has 2 aromatic rings. The molecule has 0 heterocycles. The van der Waals surface area contributed by atoms with Gasteiger partial charge in [-0.05, 0) is 36.0 Å². The van der Waals surface area contributed by atoms with Crippen molar-refractivity contribution in [3.8, 4) is 5.75 Å². The molecule has 1 heteroatoms. The second kappa shape index (κ2) is 7.68. The molecule has 0 radical (unpaired) electrons. The predicted octanol–water partition coefficient (Wildman–Crippen LogP) is 6.40. The Morgan fingerprint density at radius 3 is 1.91 bits per heavy atom. The molecule has 23 heavy (non-hydrogen) atoms. The second-order valence-electron chi connectivity index (χ2n) is 7.00. The van der Waals surface area contributed by atoms with Gasteiger partial charge in [0.05, 0.1) is 0 Å². The van der Waals surface area contributed by atoms with Gasteiger partial charge in [-0.15, -0.1) is 0 Å². The Balaban J connectivity index is 2.52. The number of benzene rings is 2. The molecule has 1 nitrogen and oxygen atoms in total. The van der Waals surface area contributed by atoms with E-state index in [-0.39, 0.29) is 5.41 Å². The lowest BCUT2D eigenvalue weighted by molar-refractivity contribution is 0.451. The Kier molecular flexibility index (Phi) is 5.87. The Hall–Kier alpha value is -1.76. The highest BCUT2D eigenvalue weighted by Crippen LogP contribution is 2.41. The summed E-state index contributed by atoms with van der Waals surface area (Å²) in [6, 6.07) is 16.5. The van der Waals surface area contributed by atoms with Crippen LogP contribution in [-0.2, 0) is 5.41 Å². The first-order valence-electron chi connectivity index (χ1n) is 8.90. The topological polar surface area (TPSA) is 20.2 Å². The van der Waals surface area contributed by atoms with Gasteiger partial charge in [0.1, 0.15) is 5.75 Å². The average Bonchev–Trinajstić information content (AvgIpc) is 2.55. The van der Waals surface area contributed by atoms with Gasteiger partial charge in [-0.3, -0.25) is 0 Å². The van der Waals surface area contributed by atoms with E-state index in [0.717, 1.165) is 5.56 Å². The minimum absolute atomic E-state index is 0.207. The van der Waals surface area contributed by atoms with Gasteiger partial charge < -0.3 is 5.11 Å². The summed E-state index contributed by atoms with van der Waals surface area (Å²) in [5.41, 5.74) is 3.58. The summed E-state index contributed by atoms with van der Waals surface area (Å²) in [5.74, 6) is 0.987. The highest BCUT2D eigenvalue weighted by Gasteiger charge is 2.29. The lowest BCUT2D eigenvalue weighted by Crippen LogP contribution is -2.22. The molecule has 1 N–H and O–H groups in total. The van der Waals surface area contributed by atoms with Crippen LogP contribution in [0.15, 0.2) is 48.5 Å². The number of hydrogen-bond acceptors (Lipinski definition) is 1. The van der Waals surface area contributed by atoms with E-state index >= 15 is 0 Å². The Morgan fingerprint density at radius 2 is 1.35 bits per heavy atom. The molecule has 2 aromatic carbocycles. The van der Waals surface area contributed by atoms with Crippen molar-refractivity contribution in [1.82, 2.24) is 0 Å². The molecule has 0 amide bonds. The van der Waals surface area contributed by atoms with E-state index in [2.05, 4.69) is 52.0 Å². The number of para-hydroxylation sites is 1. The van der Waals surface area contributed by atoms with Crippen LogP contribution in [0.2, 0.25) is 0 Å². The molecular weight excluding hydrogens is 280 g/mol. The normalized spacial score (nSPS) is 11.9. The van der Waals surface area contributed by atoms with Gasteiger partial charge in [-0.2, -0.15) is 0 Å². The second-order valence-corrected chi connectivity index (χ2v) is 7.00. The first-order chi connectivity index (χ1) is 11.0. The minimum atomic E-state index is -0.207. The molecule has 0 saturated carbocycles. The molecule has 0 fully saturated rings. The van der Waals surface area contributed by atoms with Gasteiger partial charge in [0.2, 0.25) is 0 Å². The predicted molar refractivity (Wildman–Crippen MR) is 99.2 cm³/mol. The van der Waals surface area contributed by atoms with E-state index in [4.69, 9.17) is 0 Å². The highest BCUT2D eigenvalue weighted by molar-refractivity contribution is 5.48. The van der Waals surface area contributed by atoms with Gasteiger partial charge in [-0.1, -0.05) is 83.0 Å². The van der Waals surface area contributed by atoms with E-state index in [1.165, 1.54) is 36.8 Å². The SMILES string of the molecule is CCCC(CCC)c1ccccc1C(C)(C)c1ccccc1O. The van der Waals surface area contributed by atoms with Crippen LogP contribution in [0.1, 0.15) is 76.0 Å². The van der Waals surface area contributed by atoms with E-state index in [0.29, 0.717) is 11.7 Å². The molecule has 0 bridgehead atoms. The maximum atomic E-state index is 10.3. The average molecular weight is 310 g/mol. The first kappa shape index (κ1) is 17.6. The van der Waals surface area contributed by atoms with E-state index < -0.39 is 0 Å². The lowest BCUT2D eigenvalue weighted by Gasteiger charge is -2.32. The quantitative estimate of drug-likeness (QED) is 0.627. The molecule has 0 spiro atoms. The zero-order chi connectivity index (χ0) is 16.9. The van der Waals surface area contributed by atoms with Crippen molar-refractivity contribution in [3.63, 3.8) is 0 Å². The van der Waals surface area contributed by atoms with E-state index in [9.17, 15) is 5.11 Å². The van der Waals surface area contributed by atoms with Gasteiger partial charge in [0, 0.05) is 11.0 Å². The van der Waals surface area contributed by atoms with Crippen LogP contribution in [-0.4, -0.2) is 5.11 Å². The maximum Gasteiger partial charge on any atom is 0.119 e. The molecule has 0 aliphatic carbocycles. The standard InChI is InChI=1S/C22H30O/c1-5-11-17(12-6-2)18-13-7-8-14-19(18)22(3,4)20-15-9-10-16-21(20)23/h7-10,13-17,23H,5-6,11-12H2,1-4H3. The van der Waals surface area contributed by atoms with Crippen molar-refractivity contribution in [1.29, 1.82) is 0 Å². The summed E-state index contributed by atoms with van der Waals surface area (Å²) in [7, 11) is 0. The summed E-state index contributed by atoms with van der Waals surface area (Å²) >= 11 is 0. The Morgan fingerprint density at radius 1 is 0.826 bits per heavy atom. The number of rotatable bonds is 7. The fraction of sp³-hybridized carbons (Fsp3) is 0.455. The lowest BCUT2D eigenvalue weighted by atomic mass is 9.72. The van der Waals surface area contributed by atoms with Gasteiger partial charge in [0.15, 0.2) is 0 Å². The summed E-state index contributed by atoms with van der Waals surface area (Å²) in [6.07, 6.45) is 4.86. The third-order valence-electron chi connectivity index (χ3n) is 4.93. The summed E-state index contributed by atoms with van der Waals surface area (Å²) in [4.78, 5) is 0. The van der Waals surface area contributed by atoms with Gasteiger partial charge >= 0.3 is 0 Å². The summed E-state index contributed by atoms with van der Waals surface area (Å²) in [6.45, 7) is 8.96. The van der Waals surface area contributed by atoms with E-state index in [1.807, 2.05) is 18.2 Å². The van der Waals surface area contributed by atoms with Crippen LogP contribution in [0.3, 0.4) is 0 Å². The fourth-order valence-corrected chi connectivity index (χ4v) is 3.72. The highest BCUT2D eigenvalue weighted by atomic mass is 16.3. The summed E-state index contributed by atoms with van der Waals surface area (Å²) in [5, 5.41) is 10.3. The zero-order valence-corrected chi connectivity index (χ0v) is 15.0. The van der Waals surface area contributed by atoms with Crippen molar-refractivity contribution >= 4 is 0 Å². The first-order valence-corrected chi connectivity index (χ1v) is 8.90. The molecular formula is C22H30O. The smallest absolute Gasteiger partial charge is 0.119 e. The largest absolute Gasteiger partial charge is 0.508 e. The third kappa shape index (κ3) is 3.77. The molecule has 0 aliphatic heterocycles. The Labute approximate surface area is 141 Å². The molecule has 2 rings (SSSR count). The van der Waals surface area contributed by atoms with Crippen LogP contribution in [0.4, 0.5) is 0 Å². The van der Waals surface area contributed by atoms with Crippen LogP contribution < -0.4 is 0 Å². The third-order valence-corrected chi connectivity index (χ3v) is 4.93. The fourth-order valence-electron chi connectivity index (χ4n) is 3.72. The number of aromatic hydroxyl groups is 1. The minimum Gasteiger partial charge on any atom is -0.508 e. The van der Waals surface area contributed by atoms with E-state index in [1.54, 1.807) is 6.07 Å². The van der Waals surface area contributed by atoms with Gasteiger partial charge in [-0.25, -0.2) is 0 Å². The summed E-state index contributed by atoms with van der Waals surface area (Å²) < 4.78 is 0. The Bertz CT molecular complexity index is 621. The zero-order valence-electron chi connectivity index (χ0n) is 15.0. The molecule has 0 atom stereocenters. The van der Waals surface area contributed by atoms with Crippen LogP contribution in [0.5, 0.6) is 5.75 Å². The molecule has 0 aliphatic rings. The maximum absolute atomic E-state index is 10.3. The molecule has 0 unspecified atom stereocenters. The number of phenolic OH excluding ortho intramolecular Hbond substituents is 1. The molecule has 0 aromatic heterocycles. The molecule has 0 saturated heterocycles. The number of hydrogen-bond donors (Lipinski definition) is 1. The van der Waals surface area contributed by atoms with Crippen molar-refractivity contribution in [2.75, 3.05) is 0 Å². The monoisotopic (exact) mass is 310 g/mol. The van der Waals surface area contributed by atoms with Crippen molar-refractivity contribution in [2.45, 2.75) is 64.7 Å². The van der Waals surface area contributed by atoms with Crippen LogP contribution in [0.25, 0.3) is 0 Å². The van der Waals surface area contributed by atoms with Gasteiger partial charge in [0.25, 0.3) is 0 Å². The van der Waals surface area contributed by atoms with Crippen molar-refractivity contribution in [3.05, 3.63) is 65.2 Å². The molecule has 124 valence electrons. The van der Waals surface area contributed by atoms with Crippen molar-refractivity contribution < 1.29 is 5.11 Å².